The zero-order valence-electron chi connectivity index (χ0n) is 12.2. The lowest BCUT2D eigenvalue weighted by molar-refractivity contribution is -0.128. The van der Waals surface area contributed by atoms with Crippen molar-refractivity contribution in [2.24, 2.45) is 0 Å². The van der Waals surface area contributed by atoms with E-state index in [2.05, 4.69) is 10.9 Å². The largest absolute Gasteiger partial charge is 0.507 e. The maximum Gasteiger partial charge on any atom is 0.279 e. The lowest BCUT2D eigenvalue weighted by Gasteiger charge is -2.15. The van der Waals surface area contributed by atoms with Crippen LogP contribution >= 0.6 is 0 Å². The Balaban J connectivity index is 1.87. The van der Waals surface area contributed by atoms with Crippen molar-refractivity contribution in [3.8, 4) is 11.5 Å². The minimum absolute atomic E-state index is 0.0277. The number of rotatable bonds is 4. The summed E-state index contributed by atoms with van der Waals surface area (Å²) in [5.41, 5.74) is 4.40. The number of nitrogens with one attached hydrogen (secondary N) is 2. The molecular formula is C16H15FN2O4. The number of hydrazine groups is 1. The van der Waals surface area contributed by atoms with Gasteiger partial charge < -0.3 is 9.84 Å². The van der Waals surface area contributed by atoms with Crippen LogP contribution in [0.1, 0.15) is 17.3 Å². The Morgan fingerprint density at radius 1 is 1.09 bits per heavy atom. The Bertz CT molecular complexity index is 703. The van der Waals surface area contributed by atoms with Gasteiger partial charge in [0.2, 0.25) is 0 Å². The van der Waals surface area contributed by atoms with Crippen LogP contribution in [0, 0.1) is 5.82 Å². The minimum atomic E-state index is -0.912. The predicted octanol–water partition coefficient (Wildman–Crippen LogP) is 1.76. The van der Waals surface area contributed by atoms with Crippen LogP contribution in [0.2, 0.25) is 0 Å². The molecule has 0 spiro atoms. The van der Waals surface area contributed by atoms with Crippen LogP contribution in [0.25, 0.3) is 0 Å². The van der Waals surface area contributed by atoms with Crippen molar-refractivity contribution in [3.05, 3.63) is 59.9 Å². The molecule has 0 bridgehead atoms. The highest BCUT2D eigenvalue weighted by Crippen LogP contribution is 2.15. The van der Waals surface area contributed by atoms with E-state index < -0.39 is 23.7 Å². The van der Waals surface area contributed by atoms with Crippen molar-refractivity contribution in [2.45, 2.75) is 13.0 Å². The molecule has 1 atom stereocenters. The summed E-state index contributed by atoms with van der Waals surface area (Å²) in [5.74, 6) is -1.55. The topological polar surface area (TPSA) is 87.7 Å². The highest BCUT2D eigenvalue weighted by Gasteiger charge is 2.17. The van der Waals surface area contributed by atoms with Gasteiger partial charge in [0.25, 0.3) is 11.8 Å². The van der Waals surface area contributed by atoms with Gasteiger partial charge in [0.15, 0.2) is 6.10 Å². The van der Waals surface area contributed by atoms with Gasteiger partial charge in [-0.05, 0) is 43.3 Å². The number of carbonyl (C=O) groups excluding carboxylic acids is 2. The van der Waals surface area contributed by atoms with Gasteiger partial charge >= 0.3 is 0 Å². The second-order valence-corrected chi connectivity index (χ2v) is 4.67. The molecule has 0 saturated carbocycles. The molecule has 2 rings (SSSR count). The number of hydrogen-bond acceptors (Lipinski definition) is 4. The zero-order chi connectivity index (χ0) is 16.8. The first kappa shape index (κ1) is 16.3. The van der Waals surface area contributed by atoms with Gasteiger partial charge in [-0.1, -0.05) is 12.1 Å². The van der Waals surface area contributed by atoms with Crippen LogP contribution in [0.5, 0.6) is 11.5 Å². The molecule has 0 fully saturated rings. The fourth-order valence-corrected chi connectivity index (χ4v) is 1.72. The molecule has 7 heteroatoms. The number of carbonyl (C=O) groups is 2. The Morgan fingerprint density at radius 3 is 2.39 bits per heavy atom. The molecule has 3 N–H and O–H groups in total. The zero-order valence-corrected chi connectivity index (χ0v) is 12.2. The first-order valence-corrected chi connectivity index (χ1v) is 6.78. The normalized spacial score (nSPS) is 11.4. The number of amides is 2. The van der Waals surface area contributed by atoms with Crippen molar-refractivity contribution >= 4 is 11.8 Å². The molecule has 0 saturated heterocycles. The first-order valence-electron chi connectivity index (χ1n) is 6.78. The molecular weight excluding hydrogens is 303 g/mol. The van der Waals surface area contributed by atoms with Crippen LogP contribution in [0.15, 0.2) is 48.5 Å². The maximum atomic E-state index is 12.8. The number of halogens is 1. The van der Waals surface area contributed by atoms with Crippen LogP contribution in [-0.4, -0.2) is 23.0 Å². The highest BCUT2D eigenvalue weighted by molar-refractivity contribution is 5.97. The first-order chi connectivity index (χ1) is 11.0. The van der Waals surface area contributed by atoms with E-state index in [0.717, 1.165) is 0 Å². The molecule has 0 aliphatic carbocycles. The molecule has 0 radical (unpaired) electrons. The third kappa shape index (κ3) is 4.44. The summed E-state index contributed by atoms with van der Waals surface area (Å²) in [7, 11) is 0. The summed E-state index contributed by atoms with van der Waals surface area (Å²) in [6.07, 6.45) is -0.912. The molecule has 0 aliphatic rings. The standard InChI is InChI=1S/C16H15FN2O4/c1-10(23-12-8-6-11(17)7-9-12)15(21)18-19-16(22)13-4-2-3-5-14(13)20/h2-10,20H,1H3,(H,18,21)(H,19,22). The lowest BCUT2D eigenvalue weighted by atomic mass is 10.2. The average Bonchev–Trinajstić information content (AvgIpc) is 2.54. The second kappa shape index (κ2) is 7.26. The third-order valence-electron chi connectivity index (χ3n) is 2.94. The van der Waals surface area contributed by atoms with E-state index in [9.17, 15) is 19.1 Å². The van der Waals surface area contributed by atoms with Crippen molar-refractivity contribution in [1.29, 1.82) is 0 Å². The molecule has 120 valence electrons. The van der Waals surface area contributed by atoms with Crippen LogP contribution in [0.4, 0.5) is 4.39 Å². The summed E-state index contributed by atoms with van der Waals surface area (Å²) < 4.78 is 18.1. The summed E-state index contributed by atoms with van der Waals surface area (Å²) in [6, 6.07) is 11.1. The third-order valence-corrected chi connectivity index (χ3v) is 2.94. The highest BCUT2D eigenvalue weighted by atomic mass is 19.1. The van der Waals surface area contributed by atoms with E-state index in [-0.39, 0.29) is 11.3 Å². The lowest BCUT2D eigenvalue weighted by Crippen LogP contribution is -2.47. The number of hydrogen-bond donors (Lipinski definition) is 3. The number of para-hydroxylation sites is 1. The van der Waals surface area contributed by atoms with Crippen molar-refractivity contribution in [2.75, 3.05) is 0 Å². The molecule has 1 unspecified atom stereocenters. The van der Waals surface area contributed by atoms with E-state index in [1.54, 1.807) is 12.1 Å². The number of phenols is 1. The van der Waals surface area contributed by atoms with Crippen LogP contribution < -0.4 is 15.6 Å². The molecule has 2 aromatic rings. The molecule has 23 heavy (non-hydrogen) atoms. The van der Waals surface area contributed by atoms with Gasteiger partial charge in [-0.25, -0.2) is 4.39 Å². The molecule has 0 heterocycles. The SMILES string of the molecule is CC(Oc1ccc(F)cc1)C(=O)NNC(=O)c1ccccc1O. The summed E-state index contributed by atoms with van der Waals surface area (Å²) in [6.45, 7) is 1.48. The van der Waals surface area contributed by atoms with Crippen molar-refractivity contribution < 1.29 is 23.8 Å². The quantitative estimate of drug-likeness (QED) is 0.750. The average molecular weight is 318 g/mol. The van der Waals surface area contributed by atoms with Crippen molar-refractivity contribution in [1.82, 2.24) is 10.9 Å². The Morgan fingerprint density at radius 2 is 1.74 bits per heavy atom. The molecule has 0 aromatic heterocycles. The summed E-state index contributed by atoms with van der Waals surface area (Å²) >= 11 is 0. The minimum Gasteiger partial charge on any atom is -0.507 e. The number of ether oxygens (including phenoxy) is 1. The maximum absolute atomic E-state index is 12.8. The fourth-order valence-electron chi connectivity index (χ4n) is 1.72. The van der Waals surface area contributed by atoms with E-state index in [1.807, 2.05) is 0 Å². The van der Waals surface area contributed by atoms with Gasteiger partial charge in [0.05, 0.1) is 5.56 Å². The second-order valence-electron chi connectivity index (χ2n) is 4.67. The molecule has 2 aromatic carbocycles. The molecule has 0 aliphatic heterocycles. The summed E-state index contributed by atoms with van der Waals surface area (Å²) in [5, 5.41) is 9.54. The van der Waals surface area contributed by atoms with E-state index in [4.69, 9.17) is 4.74 Å². The Hall–Kier alpha value is -3.09. The van der Waals surface area contributed by atoms with Gasteiger partial charge in [-0.15, -0.1) is 0 Å². The Kier molecular flexibility index (Phi) is 5.14. The fraction of sp³-hybridized carbons (Fsp3) is 0.125. The molecule has 2 amide bonds. The number of benzene rings is 2. The summed E-state index contributed by atoms with van der Waals surface area (Å²) in [4.78, 5) is 23.7. The van der Waals surface area contributed by atoms with Gasteiger partial charge in [-0.2, -0.15) is 0 Å². The number of phenolic OH excluding ortho intramolecular Hbond substituents is 1. The van der Waals surface area contributed by atoms with Crippen LogP contribution in [-0.2, 0) is 4.79 Å². The monoisotopic (exact) mass is 318 g/mol. The van der Waals surface area contributed by atoms with Gasteiger partial charge in [0, 0.05) is 0 Å². The van der Waals surface area contributed by atoms with Gasteiger partial charge in [0.1, 0.15) is 17.3 Å². The van der Waals surface area contributed by atoms with E-state index in [1.165, 1.54) is 43.3 Å². The smallest absolute Gasteiger partial charge is 0.279 e. The predicted molar refractivity (Wildman–Crippen MR) is 80.2 cm³/mol. The molecule has 6 nitrogen and oxygen atoms in total. The van der Waals surface area contributed by atoms with E-state index >= 15 is 0 Å². The Labute approximate surface area is 131 Å². The van der Waals surface area contributed by atoms with Crippen LogP contribution in [0.3, 0.4) is 0 Å². The van der Waals surface area contributed by atoms with E-state index in [0.29, 0.717) is 5.75 Å². The number of aromatic hydroxyl groups is 1. The van der Waals surface area contributed by atoms with Gasteiger partial charge in [-0.3, -0.25) is 20.4 Å². The van der Waals surface area contributed by atoms with Crippen molar-refractivity contribution in [3.63, 3.8) is 0 Å².